The molecule has 0 heterocycles. The maximum absolute atomic E-state index is 13.7. The van der Waals surface area contributed by atoms with Gasteiger partial charge in [-0.15, -0.1) is 0 Å². The van der Waals surface area contributed by atoms with Crippen LogP contribution in [-0.4, -0.2) is 17.7 Å². The second-order valence-electron chi connectivity index (χ2n) is 12.9. The van der Waals surface area contributed by atoms with E-state index in [9.17, 15) is 14.4 Å². The summed E-state index contributed by atoms with van der Waals surface area (Å²) in [5.74, 6) is -1.76. The summed E-state index contributed by atoms with van der Waals surface area (Å²) >= 11 is 0. The average Bonchev–Trinajstić information content (AvgIpc) is 3.14. The molecule has 0 spiro atoms. The molecule has 1 saturated carbocycles. The third-order valence-corrected chi connectivity index (χ3v) is 9.82. The third kappa shape index (κ3) is 6.79. The average molecular weight is 634 g/mol. The maximum Gasteiger partial charge on any atom is 0.223 e. The molecule has 0 radical (unpaired) electrons. The summed E-state index contributed by atoms with van der Waals surface area (Å²) in [7, 11) is 0. The van der Waals surface area contributed by atoms with Crippen LogP contribution in [0.15, 0.2) is 127 Å². The zero-order chi connectivity index (χ0) is 32.9. The van der Waals surface area contributed by atoms with Gasteiger partial charge in [-0.1, -0.05) is 127 Å². The maximum atomic E-state index is 13.7. The third-order valence-electron chi connectivity index (χ3n) is 9.82. The van der Waals surface area contributed by atoms with Gasteiger partial charge in [-0.25, -0.2) is 0 Å². The van der Waals surface area contributed by atoms with Gasteiger partial charge in [0.25, 0.3) is 0 Å². The Balaban J connectivity index is 1.07. The van der Waals surface area contributed by atoms with Crippen LogP contribution >= 0.6 is 0 Å². The topological polar surface area (TPSA) is 87.3 Å². The molecule has 0 unspecified atom stereocenters. The Kier molecular flexibility index (Phi) is 9.14. The Hall–Kier alpha value is -5.49. The van der Waals surface area contributed by atoms with E-state index in [1.165, 1.54) is 0 Å². The number of fused-ring (bicyclic) bond motifs is 3. The van der Waals surface area contributed by atoms with Gasteiger partial charge in [-0.3, -0.25) is 14.4 Å². The summed E-state index contributed by atoms with van der Waals surface area (Å²) in [6.45, 7) is 1.14. The number of rotatable bonds is 9. The Morgan fingerprint density at radius 1 is 0.396 bits per heavy atom. The fourth-order valence-electron chi connectivity index (χ4n) is 7.28. The van der Waals surface area contributed by atoms with Crippen molar-refractivity contribution in [2.75, 3.05) is 0 Å². The zero-order valence-electron chi connectivity index (χ0n) is 26.8. The van der Waals surface area contributed by atoms with E-state index in [-0.39, 0.29) is 17.7 Å². The van der Waals surface area contributed by atoms with E-state index < -0.39 is 17.8 Å². The Labute approximate surface area is 280 Å². The molecule has 1 fully saturated rings. The summed E-state index contributed by atoms with van der Waals surface area (Å²) in [5, 5.41) is 16.0. The molecule has 1 aliphatic rings. The van der Waals surface area contributed by atoms with Gasteiger partial charge in [0.05, 0.1) is 0 Å². The molecule has 3 N–H and O–H groups in total. The highest BCUT2D eigenvalue weighted by Gasteiger charge is 2.39. The molecule has 1 aliphatic carbocycles. The van der Waals surface area contributed by atoms with Crippen molar-refractivity contribution in [3.63, 3.8) is 0 Å². The van der Waals surface area contributed by atoms with Crippen LogP contribution < -0.4 is 16.0 Å². The zero-order valence-corrected chi connectivity index (χ0v) is 26.8. The molecule has 0 aromatic heterocycles. The molecule has 6 aromatic rings. The molecule has 6 aromatic carbocycles. The van der Waals surface area contributed by atoms with E-state index in [0.717, 1.165) is 49.0 Å². The largest absolute Gasteiger partial charge is 0.352 e. The summed E-state index contributed by atoms with van der Waals surface area (Å²) < 4.78 is 0. The number of benzene rings is 6. The Bertz CT molecular complexity index is 1860. The van der Waals surface area contributed by atoms with Crippen molar-refractivity contribution in [3.8, 4) is 0 Å². The van der Waals surface area contributed by atoms with Crippen molar-refractivity contribution in [2.45, 2.75) is 38.9 Å². The molecule has 240 valence electrons. The van der Waals surface area contributed by atoms with Gasteiger partial charge in [0, 0.05) is 37.4 Å². The first-order valence-electron chi connectivity index (χ1n) is 16.8. The Morgan fingerprint density at radius 3 is 0.979 bits per heavy atom. The highest BCUT2D eigenvalue weighted by atomic mass is 16.2. The predicted octanol–water partition coefficient (Wildman–Crippen LogP) is 7.43. The number of nitrogens with one attached hydrogen (secondary N) is 3. The highest BCUT2D eigenvalue weighted by molar-refractivity contribution is 5.90. The lowest BCUT2D eigenvalue weighted by Gasteiger charge is -2.33. The molecule has 0 aliphatic heterocycles. The summed E-state index contributed by atoms with van der Waals surface area (Å²) in [5.41, 5.74) is 3.10. The van der Waals surface area contributed by atoms with Crippen LogP contribution in [0.5, 0.6) is 0 Å². The SMILES string of the molecule is O=C(NCc1cccc2ccccc12)C1CC(C(=O)NCc2cccc3ccccc23)CC(C(=O)NCc2cccc3ccccc23)C1. The number of carbonyl (C=O) groups is 3. The number of hydrogen-bond acceptors (Lipinski definition) is 3. The first-order valence-corrected chi connectivity index (χ1v) is 16.8. The van der Waals surface area contributed by atoms with E-state index in [1.807, 2.05) is 72.8 Å². The van der Waals surface area contributed by atoms with Crippen molar-refractivity contribution in [3.05, 3.63) is 144 Å². The van der Waals surface area contributed by atoms with E-state index in [0.29, 0.717) is 38.9 Å². The highest BCUT2D eigenvalue weighted by Crippen LogP contribution is 2.35. The molecule has 7 rings (SSSR count). The lowest BCUT2D eigenvalue weighted by molar-refractivity contribution is -0.135. The van der Waals surface area contributed by atoms with Crippen molar-refractivity contribution < 1.29 is 14.4 Å². The number of carbonyl (C=O) groups excluding carboxylic acids is 3. The van der Waals surface area contributed by atoms with Crippen LogP contribution in [0.1, 0.15) is 36.0 Å². The van der Waals surface area contributed by atoms with Crippen LogP contribution in [-0.2, 0) is 34.0 Å². The van der Waals surface area contributed by atoms with Gasteiger partial charge in [-0.05, 0) is 68.3 Å². The minimum Gasteiger partial charge on any atom is -0.352 e. The molecule has 6 nitrogen and oxygen atoms in total. The summed E-state index contributed by atoms with van der Waals surface area (Å²) in [4.78, 5) is 41.2. The van der Waals surface area contributed by atoms with Gasteiger partial charge in [-0.2, -0.15) is 0 Å². The first-order chi connectivity index (χ1) is 23.5. The molecule has 0 saturated heterocycles. The van der Waals surface area contributed by atoms with Gasteiger partial charge in [0.2, 0.25) is 17.7 Å². The molecule has 3 amide bonds. The molecular weight excluding hydrogens is 594 g/mol. The second kappa shape index (κ2) is 14.1. The van der Waals surface area contributed by atoms with Crippen molar-refractivity contribution in [2.24, 2.45) is 17.8 Å². The van der Waals surface area contributed by atoms with Crippen LogP contribution in [0.2, 0.25) is 0 Å². The van der Waals surface area contributed by atoms with Crippen molar-refractivity contribution in [1.82, 2.24) is 16.0 Å². The molecular formula is C42H39N3O3. The van der Waals surface area contributed by atoms with Crippen LogP contribution in [0.25, 0.3) is 32.3 Å². The number of amides is 3. The minimum absolute atomic E-state index is 0.124. The van der Waals surface area contributed by atoms with Gasteiger partial charge in [0.1, 0.15) is 0 Å². The van der Waals surface area contributed by atoms with Crippen LogP contribution in [0, 0.1) is 17.8 Å². The first kappa shape index (κ1) is 31.1. The standard InChI is InChI=1S/C42H39N3O3/c46-40(43-25-31-16-7-13-28-10-1-4-19-37(28)31)34-22-35(41(47)44-26-32-17-8-14-29-11-2-5-20-38(29)32)24-36(23-34)42(48)45-27-33-18-9-15-30-12-3-6-21-39(30)33/h1-21,34-36H,22-27H2,(H,43,46)(H,44,47)(H,45,48). The smallest absolute Gasteiger partial charge is 0.223 e. The molecule has 6 heteroatoms. The van der Waals surface area contributed by atoms with Crippen LogP contribution in [0.4, 0.5) is 0 Å². The molecule has 48 heavy (non-hydrogen) atoms. The quantitative estimate of drug-likeness (QED) is 0.155. The monoisotopic (exact) mass is 633 g/mol. The summed E-state index contributed by atoms with van der Waals surface area (Å²) in [6, 6.07) is 42.6. The van der Waals surface area contributed by atoms with Crippen molar-refractivity contribution in [1.29, 1.82) is 0 Å². The normalized spacial score (nSPS) is 17.6. The summed E-state index contributed by atoms with van der Waals surface area (Å²) in [6.07, 6.45) is 1.20. The Morgan fingerprint density at radius 2 is 0.667 bits per heavy atom. The lowest BCUT2D eigenvalue weighted by Crippen LogP contribution is -2.44. The molecule has 0 bridgehead atoms. The van der Waals surface area contributed by atoms with E-state index in [1.54, 1.807) is 0 Å². The number of hydrogen-bond donors (Lipinski definition) is 3. The van der Waals surface area contributed by atoms with E-state index in [2.05, 4.69) is 70.5 Å². The fraction of sp³-hybridized carbons (Fsp3) is 0.214. The second-order valence-corrected chi connectivity index (χ2v) is 12.9. The van der Waals surface area contributed by atoms with Gasteiger partial charge >= 0.3 is 0 Å². The molecule has 0 atom stereocenters. The van der Waals surface area contributed by atoms with Crippen molar-refractivity contribution >= 4 is 50.0 Å². The lowest BCUT2D eigenvalue weighted by atomic mass is 9.74. The fourth-order valence-corrected chi connectivity index (χ4v) is 7.28. The van der Waals surface area contributed by atoms with Crippen LogP contribution in [0.3, 0.4) is 0 Å². The van der Waals surface area contributed by atoms with E-state index in [4.69, 9.17) is 0 Å². The van der Waals surface area contributed by atoms with Gasteiger partial charge in [0.15, 0.2) is 0 Å². The predicted molar refractivity (Wildman–Crippen MR) is 192 cm³/mol. The minimum atomic E-state index is -0.463. The van der Waals surface area contributed by atoms with Gasteiger partial charge < -0.3 is 16.0 Å². The van der Waals surface area contributed by atoms with E-state index >= 15 is 0 Å².